The highest BCUT2D eigenvalue weighted by Crippen LogP contribution is 2.29. The Bertz CT molecular complexity index is 664. The maximum Gasteiger partial charge on any atom is 0.256 e. The van der Waals surface area contributed by atoms with Crippen LogP contribution in [-0.4, -0.2) is 47.9 Å². The van der Waals surface area contributed by atoms with Gasteiger partial charge in [-0.2, -0.15) is 0 Å². The average Bonchev–Trinajstić information content (AvgIpc) is 3.09. The Morgan fingerprint density at radius 2 is 1.76 bits per heavy atom. The first-order valence-corrected chi connectivity index (χ1v) is 9.73. The number of likely N-dealkylation sites (tertiary alicyclic amines) is 2. The second-order valence-corrected chi connectivity index (χ2v) is 7.66. The molecule has 3 fully saturated rings. The first-order chi connectivity index (χ1) is 12.2. The van der Waals surface area contributed by atoms with Crippen LogP contribution in [0.1, 0.15) is 60.9 Å². The zero-order chi connectivity index (χ0) is 17.2. The number of benzene rings is 1. The lowest BCUT2D eigenvalue weighted by Crippen LogP contribution is -2.43. The van der Waals surface area contributed by atoms with Crippen LogP contribution in [0.4, 0.5) is 4.39 Å². The van der Waals surface area contributed by atoms with E-state index in [0.717, 1.165) is 63.5 Å². The highest BCUT2D eigenvalue weighted by molar-refractivity contribution is 5.94. The summed E-state index contributed by atoms with van der Waals surface area (Å²) in [6.45, 7) is 3.76. The predicted molar refractivity (Wildman–Crippen MR) is 98.0 cm³/mol. The summed E-state index contributed by atoms with van der Waals surface area (Å²) in [6.07, 6.45) is 10.4. The summed E-state index contributed by atoms with van der Waals surface area (Å²) in [5.74, 6) is -0.554. The van der Waals surface area contributed by atoms with Crippen LogP contribution in [0.3, 0.4) is 0 Å². The van der Waals surface area contributed by atoms with Gasteiger partial charge in [0, 0.05) is 32.2 Å². The molecule has 25 heavy (non-hydrogen) atoms. The summed E-state index contributed by atoms with van der Waals surface area (Å²) in [5.41, 5.74) is 2.49. The van der Waals surface area contributed by atoms with E-state index in [0.29, 0.717) is 0 Å². The fourth-order valence-electron chi connectivity index (χ4n) is 4.19. The quantitative estimate of drug-likeness (QED) is 0.826. The molecule has 0 N–H and O–H groups in total. The van der Waals surface area contributed by atoms with Crippen LogP contribution >= 0.6 is 0 Å². The predicted octanol–water partition coefficient (Wildman–Crippen LogP) is 4.09. The van der Waals surface area contributed by atoms with Crippen LogP contribution in [0.25, 0.3) is 6.08 Å². The van der Waals surface area contributed by atoms with Crippen molar-refractivity contribution in [1.29, 1.82) is 0 Å². The van der Waals surface area contributed by atoms with E-state index in [1.165, 1.54) is 30.9 Å². The maximum atomic E-state index is 14.4. The molecule has 2 aliphatic heterocycles. The largest absolute Gasteiger partial charge is 0.339 e. The van der Waals surface area contributed by atoms with Gasteiger partial charge in [-0.05, 0) is 56.2 Å². The molecule has 0 aromatic heterocycles. The summed E-state index contributed by atoms with van der Waals surface area (Å²) < 4.78 is 14.4. The van der Waals surface area contributed by atoms with Gasteiger partial charge in [0.1, 0.15) is 5.82 Å². The van der Waals surface area contributed by atoms with Gasteiger partial charge in [-0.3, -0.25) is 9.69 Å². The maximum absolute atomic E-state index is 14.4. The highest BCUT2D eigenvalue weighted by Gasteiger charge is 2.27. The van der Waals surface area contributed by atoms with E-state index < -0.39 is 5.82 Å². The van der Waals surface area contributed by atoms with Crippen molar-refractivity contribution in [3.63, 3.8) is 0 Å². The van der Waals surface area contributed by atoms with Gasteiger partial charge in [0.05, 0.1) is 5.56 Å². The monoisotopic (exact) mass is 342 g/mol. The summed E-state index contributed by atoms with van der Waals surface area (Å²) in [6, 6.07) is 5.88. The van der Waals surface area contributed by atoms with Crippen molar-refractivity contribution in [3.8, 4) is 0 Å². The molecule has 1 aromatic carbocycles. The van der Waals surface area contributed by atoms with Gasteiger partial charge in [0.25, 0.3) is 5.91 Å². The number of rotatable bonds is 3. The van der Waals surface area contributed by atoms with Crippen molar-refractivity contribution in [2.24, 2.45) is 0 Å². The summed E-state index contributed by atoms with van der Waals surface area (Å²) in [4.78, 5) is 16.7. The van der Waals surface area contributed by atoms with Gasteiger partial charge in [-0.15, -0.1) is 0 Å². The molecule has 2 saturated heterocycles. The molecule has 3 nitrogen and oxygen atoms in total. The summed E-state index contributed by atoms with van der Waals surface area (Å²) in [7, 11) is 0. The van der Waals surface area contributed by atoms with E-state index in [4.69, 9.17) is 0 Å². The molecule has 4 rings (SSSR count). The number of piperidine rings is 1. The van der Waals surface area contributed by atoms with E-state index >= 15 is 0 Å². The highest BCUT2D eigenvalue weighted by atomic mass is 19.1. The number of carbonyl (C=O) groups excluding carboxylic acids is 1. The lowest BCUT2D eigenvalue weighted by molar-refractivity contribution is 0.0788. The molecule has 0 bridgehead atoms. The molecular formula is C21H27FN2O. The molecule has 0 radical (unpaired) electrons. The van der Waals surface area contributed by atoms with Crippen molar-refractivity contribution in [2.75, 3.05) is 26.2 Å². The van der Waals surface area contributed by atoms with Gasteiger partial charge >= 0.3 is 0 Å². The fraction of sp³-hybridized carbons (Fsp3) is 0.571. The van der Waals surface area contributed by atoms with Gasteiger partial charge in [0.2, 0.25) is 0 Å². The smallest absolute Gasteiger partial charge is 0.256 e. The molecule has 134 valence electrons. The molecule has 4 heteroatoms. The zero-order valence-electron chi connectivity index (χ0n) is 14.8. The molecule has 1 amide bonds. The third-order valence-corrected chi connectivity index (χ3v) is 6.02. The third-order valence-electron chi connectivity index (χ3n) is 6.02. The van der Waals surface area contributed by atoms with Gasteiger partial charge < -0.3 is 4.90 Å². The lowest BCUT2D eigenvalue weighted by Gasteiger charge is -2.40. The summed E-state index contributed by atoms with van der Waals surface area (Å²) in [5, 5.41) is 0. The Hall–Kier alpha value is -1.68. The molecular weight excluding hydrogens is 315 g/mol. The molecule has 1 aromatic rings. The zero-order valence-corrected chi connectivity index (χ0v) is 14.8. The van der Waals surface area contributed by atoms with Crippen LogP contribution in [0, 0.1) is 5.82 Å². The number of hydrogen-bond donors (Lipinski definition) is 0. The number of carbonyl (C=O) groups is 1. The van der Waals surface area contributed by atoms with Crippen LogP contribution in [0.5, 0.6) is 0 Å². The molecule has 1 aliphatic carbocycles. The van der Waals surface area contributed by atoms with E-state index in [1.807, 2.05) is 6.07 Å². The van der Waals surface area contributed by atoms with E-state index in [-0.39, 0.29) is 11.5 Å². The molecule has 0 atom stereocenters. The minimum Gasteiger partial charge on any atom is -0.339 e. The second-order valence-electron chi connectivity index (χ2n) is 7.66. The van der Waals surface area contributed by atoms with Gasteiger partial charge in [-0.25, -0.2) is 4.39 Å². The van der Waals surface area contributed by atoms with E-state index in [1.54, 1.807) is 11.0 Å². The first-order valence-electron chi connectivity index (χ1n) is 9.73. The molecule has 2 heterocycles. The number of nitrogens with zero attached hydrogens (tertiary/aromatic N) is 2. The normalized spacial score (nSPS) is 22.1. The van der Waals surface area contributed by atoms with Gasteiger partial charge in [-0.1, -0.05) is 24.1 Å². The number of hydrogen-bond acceptors (Lipinski definition) is 2. The second kappa shape index (κ2) is 7.28. The Labute approximate surface area is 149 Å². The van der Waals surface area contributed by atoms with Crippen LogP contribution in [-0.2, 0) is 0 Å². The molecule has 0 unspecified atom stereocenters. The minimum absolute atomic E-state index is 0.164. The van der Waals surface area contributed by atoms with Crippen molar-refractivity contribution in [3.05, 3.63) is 40.7 Å². The fourth-order valence-corrected chi connectivity index (χ4v) is 4.19. The van der Waals surface area contributed by atoms with Crippen molar-refractivity contribution < 1.29 is 9.18 Å². The van der Waals surface area contributed by atoms with E-state index in [2.05, 4.69) is 11.0 Å². The molecule has 3 aliphatic rings. The first kappa shape index (κ1) is 16.8. The Kier molecular flexibility index (Phi) is 4.89. The summed E-state index contributed by atoms with van der Waals surface area (Å²) >= 11 is 0. The van der Waals surface area contributed by atoms with Crippen molar-refractivity contribution in [2.45, 2.75) is 51.0 Å². The average molecular weight is 342 g/mol. The van der Waals surface area contributed by atoms with Gasteiger partial charge in [0.15, 0.2) is 0 Å². The lowest BCUT2D eigenvalue weighted by atomic mass is 9.89. The Morgan fingerprint density at radius 1 is 1.04 bits per heavy atom. The minimum atomic E-state index is -0.391. The standard InChI is InChI=1S/C21H27FN2O/c22-20-15-17(6-7-19(20)21(25)24-10-1-2-11-24)14-16-8-12-23(13-9-16)18-4-3-5-18/h6-7,14-15,18H,1-5,8-13H2. The Morgan fingerprint density at radius 3 is 2.36 bits per heavy atom. The number of halogens is 1. The van der Waals surface area contributed by atoms with Crippen LogP contribution in [0.2, 0.25) is 0 Å². The van der Waals surface area contributed by atoms with Crippen LogP contribution < -0.4 is 0 Å². The van der Waals surface area contributed by atoms with E-state index in [9.17, 15) is 9.18 Å². The van der Waals surface area contributed by atoms with Crippen molar-refractivity contribution in [1.82, 2.24) is 9.80 Å². The third kappa shape index (κ3) is 3.64. The molecule has 0 spiro atoms. The number of amides is 1. The SMILES string of the molecule is O=C(c1ccc(C=C2CCN(C3CCC3)CC2)cc1F)N1CCCC1. The molecule has 1 saturated carbocycles. The Balaban J connectivity index is 1.41. The topological polar surface area (TPSA) is 23.6 Å². The van der Waals surface area contributed by atoms with Crippen molar-refractivity contribution >= 4 is 12.0 Å². The van der Waals surface area contributed by atoms with Crippen LogP contribution in [0.15, 0.2) is 23.8 Å².